The van der Waals surface area contributed by atoms with Gasteiger partial charge in [-0.25, -0.2) is 9.97 Å². The van der Waals surface area contributed by atoms with E-state index in [-0.39, 0.29) is 5.91 Å². The molecule has 1 aromatic carbocycles. The number of rotatable bonds is 8. The highest BCUT2D eigenvalue weighted by Crippen LogP contribution is 2.32. The van der Waals surface area contributed by atoms with Crippen LogP contribution in [-0.4, -0.2) is 53.6 Å². The fourth-order valence-electron chi connectivity index (χ4n) is 5.09. The fraction of sp³-hybridized carbons (Fsp3) is 0.393. The zero-order valence-corrected chi connectivity index (χ0v) is 21.2. The molecule has 0 radical (unpaired) electrons. The van der Waals surface area contributed by atoms with Crippen LogP contribution >= 0.6 is 0 Å². The van der Waals surface area contributed by atoms with E-state index in [1.165, 1.54) is 18.5 Å². The van der Waals surface area contributed by atoms with Gasteiger partial charge in [0.1, 0.15) is 5.82 Å². The summed E-state index contributed by atoms with van der Waals surface area (Å²) in [5, 5.41) is 9.98. The lowest BCUT2D eigenvalue weighted by atomic mass is 9.93. The molecule has 0 aliphatic carbocycles. The van der Waals surface area contributed by atoms with Crippen LogP contribution in [0.3, 0.4) is 0 Å². The minimum Gasteiger partial charge on any atom is -0.481 e. The number of carbonyl (C=O) groups is 1. The largest absolute Gasteiger partial charge is 0.481 e. The van der Waals surface area contributed by atoms with Gasteiger partial charge in [-0.2, -0.15) is 0 Å². The zero-order chi connectivity index (χ0) is 25.1. The second-order valence-corrected chi connectivity index (χ2v) is 10.5. The maximum absolute atomic E-state index is 13.2. The van der Waals surface area contributed by atoms with E-state index in [0.29, 0.717) is 35.3 Å². The molecule has 5 rings (SSSR count). The van der Waals surface area contributed by atoms with Crippen LogP contribution in [0.4, 0.5) is 17.2 Å². The molecule has 0 spiro atoms. The molecule has 2 aromatic heterocycles. The van der Waals surface area contributed by atoms with E-state index in [9.17, 15) is 4.79 Å². The van der Waals surface area contributed by atoms with Crippen LogP contribution in [0.25, 0.3) is 0 Å². The lowest BCUT2D eigenvalue weighted by Gasteiger charge is -2.23. The number of aromatic nitrogens is 2. The van der Waals surface area contributed by atoms with Crippen molar-refractivity contribution in [1.82, 2.24) is 14.9 Å². The Balaban J connectivity index is 1.21. The van der Waals surface area contributed by atoms with Crippen molar-refractivity contribution in [2.45, 2.75) is 39.3 Å². The summed E-state index contributed by atoms with van der Waals surface area (Å²) in [5.74, 6) is 0.871. The van der Waals surface area contributed by atoms with Crippen LogP contribution in [0, 0.1) is 5.41 Å². The summed E-state index contributed by atoms with van der Waals surface area (Å²) in [6, 6.07) is 13.8. The Kier molecular flexibility index (Phi) is 6.78. The molecule has 1 atom stereocenters. The molecule has 4 heterocycles. The highest BCUT2D eigenvalue weighted by molar-refractivity contribution is 6.07. The van der Waals surface area contributed by atoms with Crippen molar-refractivity contribution >= 4 is 23.1 Å². The topological polar surface area (TPSA) is 91.4 Å². The molecule has 1 saturated heterocycles. The van der Waals surface area contributed by atoms with E-state index >= 15 is 0 Å². The standard InChI is InChI=1S/C28H34N6O2/c1-28(2)9-12-34(18-28)17-22-14-20-6-7-21(15-24(20)32-22)33-27(35)23-5-4-10-30-26(23)31-16-19-8-11-29-25(13-19)36-3/h4-8,10-11,13,15,22,32H,9,12,14,16-18H2,1-3H3,(H,30,31)(H,33,35)/t22-/m0/s1. The van der Waals surface area contributed by atoms with Gasteiger partial charge >= 0.3 is 0 Å². The van der Waals surface area contributed by atoms with Crippen LogP contribution in [0.1, 0.15) is 41.8 Å². The molecular formula is C28H34N6O2. The monoisotopic (exact) mass is 486 g/mol. The quantitative estimate of drug-likeness (QED) is 0.434. The number of carbonyl (C=O) groups excluding carboxylic acids is 1. The molecule has 3 aromatic rings. The third kappa shape index (κ3) is 5.60. The van der Waals surface area contributed by atoms with Crippen LogP contribution in [-0.2, 0) is 13.0 Å². The van der Waals surface area contributed by atoms with Gasteiger partial charge in [0, 0.05) is 55.5 Å². The number of likely N-dealkylation sites (tertiary alicyclic amines) is 1. The first kappa shape index (κ1) is 24.1. The molecule has 1 amide bonds. The average molecular weight is 487 g/mol. The van der Waals surface area contributed by atoms with Crippen molar-refractivity contribution in [3.8, 4) is 5.88 Å². The molecule has 1 fully saturated rings. The summed E-state index contributed by atoms with van der Waals surface area (Å²) in [6.07, 6.45) is 5.63. The molecular weight excluding hydrogens is 452 g/mol. The lowest BCUT2D eigenvalue weighted by Crippen LogP contribution is -2.35. The third-order valence-electron chi connectivity index (χ3n) is 6.95. The zero-order valence-electron chi connectivity index (χ0n) is 21.2. The predicted octanol–water partition coefficient (Wildman–Crippen LogP) is 4.42. The molecule has 188 valence electrons. The maximum Gasteiger partial charge on any atom is 0.259 e. The van der Waals surface area contributed by atoms with Crippen molar-refractivity contribution in [3.05, 3.63) is 71.5 Å². The van der Waals surface area contributed by atoms with E-state index in [2.05, 4.69) is 50.7 Å². The summed E-state index contributed by atoms with van der Waals surface area (Å²) in [4.78, 5) is 24.2. The molecule has 2 aliphatic rings. The van der Waals surface area contributed by atoms with Gasteiger partial charge in [-0.15, -0.1) is 0 Å². The van der Waals surface area contributed by atoms with Crippen LogP contribution < -0.4 is 20.7 Å². The Labute approximate surface area is 212 Å². The van der Waals surface area contributed by atoms with Crippen molar-refractivity contribution in [2.24, 2.45) is 5.41 Å². The minimum absolute atomic E-state index is 0.202. The number of pyridine rings is 2. The second-order valence-electron chi connectivity index (χ2n) is 10.5. The van der Waals surface area contributed by atoms with Gasteiger partial charge in [-0.1, -0.05) is 19.9 Å². The summed E-state index contributed by atoms with van der Waals surface area (Å²) >= 11 is 0. The first-order valence-electron chi connectivity index (χ1n) is 12.5. The van der Waals surface area contributed by atoms with Gasteiger partial charge in [0.2, 0.25) is 5.88 Å². The van der Waals surface area contributed by atoms with Crippen molar-refractivity contribution < 1.29 is 9.53 Å². The molecule has 0 bridgehead atoms. The fourth-order valence-corrected chi connectivity index (χ4v) is 5.09. The average Bonchev–Trinajstić information content (AvgIpc) is 3.43. The van der Waals surface area contributed by atoms with E-state index in [1.54, 1.807) is 31.6 Å². The number of nitrogens with one attached hydrogen (secondary N) is 3. The van der Waals surface area contributed by atoms with Crippen molar-refractivity contribution in [3.63, 3.8) is 0 Å². The Bertz CT molecular complexity index is 1240. The van der Waals surface area contributed by atoms with Crippen LogP contribution in [0.5, 0.6) is 5.88 Å². The molecule has 8 heteroatoms. The summed E-state index contributed by atoms with van der Waals surface area (Å²) in [5.41, 5.74) is 5.05. The first-order valence-corrected chi connectivity index (χ1v) is 12.5. The third-order valence-corrected chi connectivity index (χ3v) is 6.95. The van der Waals surface area contributed by atoms with Gasteiger partial charge in [-0.3, -0.25) is 4.79 Å². The van der Waals surface area contributed by atoms with E-state index in [0.717, 1.165) is 36.4 Å². The number of hydrogen-bond acceptors (Lipinski definition) is 7. The number of anilines is 3. The number of fused-ring (bicyclic) bond motifs is 1. The smallest absolute Gasteiger partial charge is 0.259 e. The van der Waals surface area contributed by atoms with Gasteiger partial charge in [0.25, 0.3) is 5.91 Å². The van der Waals surface area contributed by atoms with Crippen LogP contribution in [0.15, 0.2) is 54.9 Å². The molecule has 0 unspecified atom stereocenters. The number of methoxy groups -OCH3 is 1. The normalized spacial score (nSPS) is 18.4. The summed E-state index contributed by atoms with van der Waals surface area (Å²) in [6.45, 7) is 8.55. The number of ether oxygens (including phenoxy) is 1. The molecule has 36 heavy (non-hydrogen) atoms. The van der Waals surface area contributed by atoms with Crippen molar-refractivity contribution in [2.75, 3.05) is 42.7 Å². The van der Waals surface area contributed by atoms with E-state index < -0.39 is 0 Å². The summed E-state index contributed by atoms with van der Waals surface area (Å²) < 4.78 is 5.19. The maximum atomic E-state index is 13.2. The molecule has 0 saturated carbocycles. The number of benzene rings is 1. The Morgan fingerprint density at radius 3 is 2.89 bits per heavy atom. The van der Waals surface area contributed by atoms with Crippen molar-refractivity contribution in [1.29, 1.82) is 0 Å². The summed E-state index contributed by atoms with van der Waals surface area (Å²) in [7, 11) is 1.59. The molecule has 3 N–H and O–H groups in total. The van der Waals surface area contributed by atoms with Gasteiger partial charge in [0.15, 0.2) is 0 Å². The number of hydrogen-bond donors (Lipinski definition) is 3. The van der Waals surface area contributed by atoms with Gasteiger partial charge in [0.05, 0.1) is 12.7 Å². The SMILES string of the molecule is COc1cc(CNc2ncccc2C(=O)Nc2ccc3c(c2)N[C@H](CN2CCC(C)(C)C2)C3)ccn1. The first-order chi connectivity index (χ1) is 17.4. The highest BCUT2D eigenvalue weighted by atomic mass is 16.5. The lowest BCUT2D eigenvalue weighted by molar-refractivity contribution is 0.102. The Hall–Kier alpha value is -3.65. The van der Waals surface area contributed by atoms with Gasteiger partial charge < -0.3 is 25.6 Å². The van der Waals surface area contributed by atoms with Crippen LogP contribution in [0.2, 0.25) is 0 Å². The molecule has 2 aliphatic heterocycles. The Morgan fingerprint density at radius 1 is 1.19 bits per heavy atom. The predicted molar refractivity (Wildman–Crippen MR) is 143 cm³/mol. The van der Waals surface area contributed by atoms with Gasteiger partial charge in [-0.05, 0) is 66.3 Å². The second kappa shape index (κ2) is 10.1. The molecule has 8 nitrogen and oxygen atoms in total. The Morgan fingerprint density at radius 2 is 2.08 bits per heavy atom. The highest BCUT2D eigenvalue weighted by Gasteiger charge is 2.32. The number of amides is 1. The van der Waals surface area contributed by atoms with E-state index in [4.69, 9.17) is 4.74 Å². The van der Waals surface area contributed by atoms with E-state index in [1.807, 2.05) is 24.3 Å². The number of nitrogens with zero attached hydrogens (tertiary/aromatic N) is 3. The minimum atomic E-state index is -0.202.